The summed E-state index contributed by atoms with van der Waals surface area (Å²) >= 11 is 0. The molecule has 0 saturated carbocycles. The Morgan fingerprint density at radius 1 is 0.154 bits per heavy atom. The molecule has 0 unspecified atom stereocenters. The Hall–Kier alpha value is -18.3. The summed E-state index contributed by atoms with van der Waals surface area (Å²) in [6.07, 6.45) is 0. The summed E-state index contributed by atoms with van der Waals surface area (Å²) in [5.74, 6) is 0. The van der Waals surface area contributed by atoms with E-state index in [1.165, 1.54) is 324 Å². The number of allylic oxidation sites excluding steroid dienone is 6. The van der Waals surface area contributed by atoms with Crippen molar-refractivity contribution in [2.24, 2.45) is 0 Å². The molecular formula is C141H86N2. The molecule has 0 radical (unpaired) electrons. The van der Waals surface area contributed by atoms with Crippen LogP contribution in [-0.4, -0.2) is 9.55 Å². The summed E-state index contributed by atoms with van der Waals surface area (Å²) in [7, 11) is 0. The topological polar surface area (TPSA) is 20.7 Å². The predicted molar refractivity (Wildman–Crippen MR) is 607 cm³/mol. The average molecular weight is 1810 g/mol. The Labute approximate surface area is 826 Å². The van der Waals surface area contributed by atoms with Crippen LogP contribution in [0, 0.1) is 0 Å². The molecule has 2 heterocycles. The van der Waals surface area contributed by atoms with Crippen LogP contribution in [0.4, 0.5) is 0 Å². The smallest absolute Gasteiger partial charge is 0.0626 e. The molecule has 7 aliphatic rings. The van der Waals surface area contributed by atoms with E-state index in [0.29, 0.717) is 0 Å². The molecule has 660 valence electrons. The first-order chi connectivity index (χ1) is 70.7. The highest BCUT2D eigenvalue weighted by atomic mass is 15.0. The second-order valence-electron chi connectivity index (χ2n) is 40.3. The molecule has 0 saturated heterocycles. The summed E-state index contributed by atoms with van der Waals surface area (Å²) in [5, 5.41) is 28.0. The van der Waals surface area contributed by atoms with E-state index in [2.05, 4.69) is 503 Å². The monoisotopic (exact) mass is 1810 g/mol. The number of fused-ring (bicyclic) bond motifs is 33. The largest absolute Gasteiger partial charge is 0.355 e. The van der Waals surface area contributed by atoms with Crippen molar-refractivity contribution >= 4 is 208 Å². The lowest BCUT2D eigenvalue weighted by molar-refractivity contribution is 0.660. The van der Waals surface area contributed by atoms with Crippen molar-refractivity contribution in [2.75, 3.05) is 0 Å². The quantitative estimate of drug-likeness (QED) is 0.171. The maximum atomic E-state index is 3.64. The molecule has 0 atom stereocenters. The highest BCUT2D eigenvalue weighted by Crippen LogP contribution is 2.65. The number of benzene rings is 24. The third-order valence-electron chi connectivity index (χ3n) is 32.4. The molecule has 1 N–H and O–H groups in total. The Balaban J connectivity index is 0.0000000981. The summed E-state index contributed by atoms with van der Waals surface area (Å²) in [5.41, 5.74) is 48.5. The number of nitrogens with zero attached hydrogens (tertiary/aromatic N) is 1. The molecule has 0 spiro atoms. The van der Waals surface area contributed by atoms with E-state index >= 15 is 0 Å². The molecule has 0 amide bonds. The van der Waals surface area contributed by atoms with Crippen LogP contribution in [-0.2, 0) is 5.41 Å². The molecule has 24 aromatic carbocycles. The lowest BCUT2D eigenvalue weighted by atomic mass is 9.81. The van der Waals surface area contributed by atoms with Gasteiger partial charge in [-0.3, -0.25) is 0 Å². The lowest BCUT2D eigenvalue weighted by Gasteiger charge is -2.22. The number of para-hydroxylation sites is 3. The first-order valence-electron chi connectivity index (χ1n) is 50.1. The molecule has 0 fully saturated rings. The number of aromatic nitrogens is 2. The first kappa shape index (κ1) is 79.7. The van der Waals surface area contributed by atoms with Gasteiger partial charge in [0.2, 0.25) is 0 Å². The van der Waals surface area contributed by atoms with Crippen LogP contribution in [0.5, 0.6) is 0 Å². The van der Waals surface area contributed by atoms with Crippen LogP contribution in [0.1, 0.15) is 120 Å². The summed E-state index contributed by atoms with van der Waals surface area (Å²) in [6, 6.07) is 179. The molecule has 2 heteroatoms. The van der Waals surface area contributed by atoms with Crippen LogP contribution in [0.3, 0.4) is 0 Å². The number of rotatable bonds is 6. The molecule has 143 heavy (non-hydrogen) atoms. The molecule has 0 aliphatic heterocycles. The maximum absolute atomic E-state index is 3.64. The van der Waals surface area contributed by atoms with Gasteiger partial charge >= 0.3 is 0 Å². The zero-order chi connectivity index (χ0) is 93.7. The second-order valence-corrected chi connectivity index (χ2v) is 40.3. The predicted octanol–water partition coefficient (Wildman–Crippen LogP) is 36.7. The van der Waals surface area contributed by atoms with E-state index in [1.807, 2.05) is 0 Å². The van der Waals surface area contributed by atoms with Gasteiger partial charge < -0.3 is 9.55 Å². The minimum atomic E-state index is -0.0748. The summed E-state index contributed by atoms with van der Waals surface area (Å²) < 4.78 is 2.55. The van der Waals surface area contributed by atoms with Crippen LogP contribution >= 0.6 is 0 Å². The maximum Gasteiger partial charge on any atom is 0.0626 e. The van der Waals surface area contributed by atoms with E-state index in [-0.39, 0.29) is 5.41 Å². The van der Waals surface area contributed by atoms with E-state index in [9.17, 15) is 0 Å². The fourth-order valence-electron chi connectivity index (χ4n) is 26.1. The number of nitrogens with one attached hydrogen (secondary N) is 1. The molecule has 26 aromatic rings. The fraction of sp³-hybridized carbons (Fsp3) is 0.0213. The van der Waals surface area contributed by atoms with Crippen molar-refractivity contribution < 1.29 is 0 Å². The van der Waals surface area contributed by atoms with Crippen LogP contribution < -0.4 is 0 Å². The van der Waals surface area contributed by atoms with E-state index < -0.39 is 0 Å². The molecule has 2 aromatic heterocycles. The number of H-pyrrole nitrogens is 1. The highest BCUT2D eigenvalue weighted by Gasteiger charge is 2.45. The Kier molecular flexibility index (Phi) is 16.9. The van der Waals surface area contributed by atoms with Gasteiger partial charge in [0.05, 0.1) is 16.7 Å². The molecule has 2 nitrogen and oxygen atoms in total. The van der Waals surface area contributed by atoms with Crippen molar-refractivity contribution in [3.8, 4) is 11.1 Å². The van der Waals surface area contributed by atoms with Gasteiger partial charge in [-0.2, -0.15) is 0 Å². The van der Waals surface area contributed by atoms with Gasteiger partial charge in [0.15, 0.2) is 0 Å². The second kappa shape index (κ2) is 30.3. The van der Waals surface area contributed by atoms with Gasteiger partial charge in [-0.05, 0) is 368 Å². The van der Waals surface area contributed by atoms with E-state index in [4.69, 9.17) is 0 Å². The number of hydrogen-bond donors (Lipinski definition) is 1. The first-order valence-corrected chi connectivity index (χ1v) is 50.1. The van der Waals surface area contributed by atoms with Crippen molar-refractivity contribution in [2.45, 2.75) is 19.3 Å². The van der Waals surface area contributed by atoms with Gasteiger partial charge in [0, 0.05) is 54.7 Å². The van der Waals surface area contributed by atoms with Gasteiger partial charge in [-0.15, -0.1) is 0 Å². The standard InChI is InChI=1S/C49H32.2C46H27N/c1-49(2)43-21-10-9-19-36(43)37-23-22-34(28-44(37)49)45-39-24-30-13-3-5-15-32(30)26-41(39)48-46(38-20-11-17-29-12-7-8-18-35(29)38)40-25-31-14-4-6-16-33(31)27-42(40)47(45)48;1-3-13-30-24-39-37(22-28(30)11-1)43(32-20-21-42-36(26-32)34-17-7-8-19-41(34)47-42)45-40-25-31-14-4-2-12-29(31)23-38(40)44(46(39)45)35-18-9-15-27-10-5-6-16-33(27)35;1-2-14-30-25-38-37(24-29(30)13-1)43(36-21-11-17-28-12-5-6-18-33(28)36)44-39-26-31-15-3-4-16-32(31)27-40(39)46(45(38)44)47-41-22-9-7-19-34(41)35-20-8-10-23-42(35)47/h3-28H,1-2H3;1-26,47H;1-27H. The van der Waals surface area contributed by atoms with Crippen LogP contribution in [0.15, 0.2) is 479 Å². The summed E-state index contributed by atoms with van der Waals surface area (Å²) in [6.45, 7) is 4.77. The molecule has 33 rings (SSSR count). The molecule has 0 bridgehead atoms. The zero-order valence-electron chi connectivity index (χ0n) is 78.6. The van der Waals surface area contributed by atoms with Crippen molar-refractivity contribution in [3.63, 3.8) is 0 Å². The molecular weight excluding hydrogens is 1720 g/mol. The van der Waals surface area contributed by atoms with E-state index in [0.717, 1.165) is 0 Å². The Morgan fingerprint density at radius 3 is 0.818 bits per heavy atom. The average Bonchev–Trinajstić information content (AvgIpc) is 1.54. The Bertz CT molecular complexity index is 10400. The van der Waals surface area contributed by atoms with Gasteiger partial charge in [-0.1, -0.05) is 384 Å². The highest BCUT2D eigenvalue weighted by molar-refractivity contribution is 6.41. The minimum absolute atomic E-state index is 0.0748. The number of hydrogen-bond acceptors (Lipinski definition) is 0. The van der Waals surface area contributed by atoms with Gasteiger partial charge in [-0.25, -0.2) is 0 Å². The minimum Gasteiger partial charge on any atom is -0.355 e. The van der Waals surface area contributed by atoms with Gasteiger partial charge in [0.1, 0.15) is 0 Å². The zero-order valence-corrected chi connectivity index (χ0v) is 78.6. The summed E-state index contributed by atoms with van der Waals surface area (Å²) in [4.78, 5) is 3.64. The molecule has 7 aliphatic carbocycles. The van der Waals surface area contributed by atoms with Crippen LogP contribution in [0.2, 0.25) is 0 Å². The SMILES string of the molecule is CC1(C)c2ccccc2-c2ccc(C3=C4C(=C(c5cccc6ccccc56)c5cc6ccccc6cc54)c4cc5ccccc5cc43)cc21.c1ccc2cc3c(cc2c1)C1=C(c2cccc4ccccc24)c2cc4ccccc4cc2C1=C3c1ccc2[nH]c3ccccc3c2c1.c1ccc2cc3c(cc2c1)C1=C(n2c4ccccc4c4ccccc42)c2cc4ccccc4cc2C1=C3c1cccc2ccccc12. The Morgan fingerprint density at radius 2 is 0.413 bits per heavy atom. The third-order valence-corrected chi connectivity index (χ3v) is 32.4. The van der Waals surface area contributed by atoms with Crippen molar-refractivity contribution in [3.05, 3.63) is 585 Å². The third kappa shape index (κ3) is 11.6. The number of aromatic amines is 1. The van der Waals surface area contributed by atoms with E-state index in [1.54, 1.807) is 0 Å². The fourth-order valence-corrected chi connectivity index (χ4v) is 26.1. The van der Waals surface area contributed by atoms with Crippen molar-refractivity contribution in [1.29, 1.82) is 0 Å². The van der Waals surface area contributed by atoms with Crippen molar-refractivity contribution in [1.82, 2.24) is 9.55 Å². The van der Waals surface area contributed by atoms with Gasteiger partial charge in [0.25, 0.3) is 0 Å². The lowest BCUT2D eigenvalue weighted by Crippen LogP contribution is -2.15. The normalized spacial score (nSPS) is 14.3. The van der Waals surface area contributed by atoms with Crippen LogP contribution in [0.25, 0.3) is 219 Å².